The highest BCUT2D eigenvalue weighted by molar-refractivity contribution is 6.31. The zero-order valence-corrected chi connectivity index (χ0v) is 15.8. The highest BCUT2D eigenvalue weighted by atomic mass is 35.5. The van der Waals surface area contributed by atoms with Crippen LogP contribution in [-0.4, -0.2) is 48.5 Å². The zero-order valence-electron chi connectivity index (χ0n) is 15.1. The largest absolute Gasteiger partial charge is 0.435 e. The van der Waals surface area contributed by atoms with Crippen molar-refractivity contribution in [2.24, 2.45) is 0 Å². The molecule has 0 saturated carbocycles. The van der Waals surface area contributed by atoms with Crippen LogP contribution in [0.25, 0.3) is 0 Å². The molecule has 4 nitrogen and oxygen atoms in total. The van der Waals surface area contributed by atoms with Crippen LogP contribution < -0.4 is 4.74 Å². The molecular formula is C20H20ClF3N2O2. The number of alkyl halides is 2. The molecule has 0 N–H and O–H groups in total. The smallest absolute Gasteiger partial charge is 0.387 e. The van der Waals surface area contributed by atoms with Crippen LogP contribution in [0.3, 0.4) is 0 Å². The first-order valence-electron chi connectivity index (χ1n) is 8.89. The number of amides is 1. The van der Waals surface area contributed by atoms with Crippen LogP contribution in [0, 0.1) is 5.82 Å². The minimum absolute atomic E-state index is 0.0360. The van der Waals surface area contributed by atoms with E-state index < -0.39 is 6.61 Å². The molecule has 1 aliphatic heterocycles. The molecule has 0 radical (unpaired) electrons. The van der Waals surface area contributed by atoms with Crippen molar-refractivity contribution in [3.05, 3.63) is 64.4 Å². The Morgan fingerprint density at radius 2 is 1.75 bits per heavy atom. The molecule has 8 heteroatoms. The number of carbonyl (C=O) groups excluding carboxylic acids is 1. The van der Waals surface area contributed by atoms with Crippen molar-refractivity contribution in [2.75, 3.05) is 26.2 Å². The van der Waals surface area contributed by atoms with E-state index in [2.05, 4.69) is 9.64 Å². The second-order valence-electron chi connectivity index (χ2n) is 6.56. The minimum atomic E-state index is -2.87. The van der Waals surface area contributed by atoms with E-state index in [0.717, 1.165) is 5.56 Å². The van der Waals surface area contributed by atoms with Gasteiger partial charge in [0.1, 0.15) is 11.6 Å². The fraction of sp³-hybridized carbons (Fsp3) is 0.350. The summed E-state index contributed by atoms with van der Waals surface area (Å²) in [6, 6.07) is 10.7. The lowest BCUT2D eigenvalue weighted by molar-refractivity contribution is -0.132. The van der Waals surface area contributed by atoms with Gasteiger partial charge in [0.15, 0.2) is 0 Å². The molecule has 1 amide bonds. The number of carbonyl (C=O) groups is 1. The Kier molecular flexibility index (Phi) is 6.80. The van der Waals surface area contributed by atoms with Crippen molar-refractivity contribution in [2.45, 2.75) is 19.6 Å². The Hall–Kier alpha value is -2.25. The standard InChI is InChI=1S/C20H20ClF3N2O2/c21-17-2-1-3-18(22)16(17)13-25-8-10-26(11-9-25)19(27)12-14-4-6-15(7-5-14)28-20(23)24/h1-7,20H,8-13H2. The van der Waals surface area contributed by atoms with Crippen LogP contribution in [0.15, 0.2) is 42.5 Å². The fourth-order valence-electron chi connectivity index (χ4n) is 3.14. The summed E-state index contributed by atoms with van der Waals surface area (Å²) in [5, 5.41) is 0.401. The third kappa shape index (κ3) is 5.39. The van der Waals surface area contributed by atoms with Gasteiger partial charge in [-0.25, -0.2) is 4.39 Å². The first kappa shape index (κ1) is 20.5. The zero-order chi connectivity index (χ0) is 20.1. The van der Waals surface area contributed by atoms with Crippen LogP contribution in [-0.2, 0) is 17.8 Å². The van der Waals surface area contributed by atoms with E-state index in [1.54, 1.807) is 29.2 Å². The Bertz CT molecular complexity index is 789. The van der Waals surface area contributed by atoms with Crippen molar-refractivity contribution in [1.29, 1.82) is 0 Å². The molecule has 150 valence electrons. The number of halogens is 4. The molecule has 1 saturated heterocycles. The summed E-state index contributed by atoms with van der Waals surface area (Å²) in [4.78, 5) is 16.3. The van der Waals surface area contributed by atoms with Gasteiger partial charge in [-0.1, -0.05) is 29.8 Å². The van der Waals surface area contributed by atoms with Gasteiger partial charge in [0.25, 0.3) is 0 Å². The molecule has 0 bridgehead atoms. The summed E-state index contributed by atoms with van der Waals surface area (Å²) in [6.45, 7) is -0.147. The molecule has 1 heterocycles. The quantitative estimate of drug-likeness (QED) is 0.719. The van der Waals surface area contributed by atoms with Crippen LogP contribution in [0.4, 0.5) is 13.2 Å². The minimum Gasteiger partial charge on any atom is -0.435 e. The van der Waals surface area contributed by atoms with Gasteiger partial charge in [0.2, 0.25) is 5.91 Å². The van der Waals surface area contributed by atoms with Gasteiger partial charge in [-0.05, 0) is 29.8 Å². The summed E-state index contributed by atoms with van der Waals surface area (Å²) in [5.74, 6) is -0.303. The molecular weight excluding hydrogens is 393 g/mol. The van der Waals surface area contributed by atoms with Crippen molar-refractivity contribution in [3.8, 4) is 5.75 Å². The maximum atomic E-state index is 13.9. The molecule has 3 rings (SSSR count). The van der Waals surface area contributed by atoms with E-state index in [0.29, 0.717) is 43.3 Å². The average Bonchev–Trinajstić information content (AvgIpc) is 2.66. The van der Waals surface area contributed by atoms with Gasteiger partial charge in [0, 0.05) is 43.3 Å². The van der Waals surface area contributed by atoms with Crippen molar-refractivity contribution < 1.29 is 22.7 Å². The number of hydrogen-bond acceptors (Lipinski definition) is 3. The van der Waals surface area contributed by atoms with Crippen LogP contribution in [0.2, 0.25) is 5.02 Å². The Balaban J connectivity index is 1.50. The molecule has 28 heavy (non-hydrogen) atoms. The van der Waals surface area contributed by atoms with Crippen LogP contribution in [0.5, 0.6) is 5.75 Å². The summed E-state index contributed by atoms with van der Waals surface area (Å²) in [7, 11) is 0. The summed E-state index contributed by atoms with van der Waals surface area (Å²) >= 11 is 6.08. The lowest BCUT2D eigenvalue weighted by atomic mass is 10.1. The SMILES string of the molecule is O=C(Cc1ccc(OC(F)F)cc1)N1CCN(Cc2c(F)cccc2Cl)CC1. The van der Waals surface area contributed by atoms with Crippen LogP contribution >= 0.6 is 11.6 Å². The molecule has 2 aromatic carbocycles. The maximum absolute atomic E-state index is 13.9. The number of piperazine rings is 1. The van der Waals surface area contributed by atoms with E-state index in [1.165, 1.54) is 18.2 Å². The Labute approximate surface area is 166 Å². The highest BCUT2D eigenvalue weighted by Gasteiger charge is 2.22. The van der Waals surface area contributed by atoms with E-state index in [9.17, 15) is 18.0 Å². The third-order valence-corrected chi connectivity index (χ3v) is 5.03. The lowest BCUT2D eigenvalue weighted by Gasteiger charge is -2.35. The average molecular weight is 413 g/mol. The van der Waals surface area contributed by atoms with E-state index in [4.69, 9.17) is 11.6 Å². The molecule has 0 aliphatic carbocycles. The first-order valence-corrected chi connectivity index (χ1v) is 9.27. The summed E-state index contributed by atoms with van der Waals surface area (Å²) < 4.78 is 42.6. The van der Waals surface area contributed by atoms with Crippen LogP contribution in [0.1, 0.15) is 11.1 Å². The molecule has 0 spiro atoms. The predicted octanol–water partition coefficient (Wildman–Crippen LogP) is 3.97. The molecule has 1 fully saturated rings. The Morgan fingerprint density at radius 3 is 2.36 bits per heavy atom. The summed E-state index contributed by atoms with van der Waals surface area (Å²) in [5.41, 5.74) is 1.20. The van der Waals surface area contributed by atoms with Gasteiger partial charge in [0.05, 0.1) is 6.42 Å². The molecule has 0 aromatic heterocycles. The number of rotatable bonds is 6. The second-order valence-corrected chi connectivity index (χ2v) is 6.96. The van der Waals surface area contributed by atoms with Crippen molar-refractivity contribution >= 4 is 17.5 Å². The first-order chi connectivity index (χ1) is 13.4. The predicted molar refractivity (Wildman–Crippen MR) is 100 cm³/mol. The second kappa shape index (κ2) is 9.30. The number of benzene rings is 2. The molecule has 0 atom stereocenters. The number of nitrogens with zero attached hydrogens (tertiary/aromatic N) is 2. The molecule has 0 unspecified atom stereocenters. The van der Waals surface area contributed by atoms with Crippen molar-refractivity contribution in [1.82, 2.24) is 9.80 Å². The third-order valence-electron chi connectivity index (χ3n) is 4.67. The normalized spacial score (nSPS) is 15.1. The highest BCUT2D eigenvalue weighted by Crippen LogP contribution is 2.21. The van der Waals surface area contributed by atoms with Gasteiger partial charge < -0.3 is 9.64 Å². The van der Waals surface area contributed by atoms with Gasteiger partial charge in [-0.15, -0.1) is 0 Å². The maximum Gasteiger partial charge on any atom is 0.387 e. The monoisotopic (exact) mass is 412 g/mol. The Morgan fingerprint density at radius 1 is 1.07 bits per heavy atom. The van der Waals surface area contributed by atoms with E-state index in [-0.39, 0.29) is 23.9 Å². The molecule has 1 aliphatic rings. The van der Waals surface area contributed by atoms with E-state index in [1.807, 2.05) is 0 Å². The summed E-state index contributed by atoms with van der Waals surface area (Å²) in [6.07, 6.45) is 0.189. The lowest BCUT2D eigenvalue weighted by Crippen LogP contribution is -2.48. The van der Waals surface area contributed by atoms with Gasteiger partial charge in [-0.3, -0.25) is 9.69 Å². The molecule has 2 aromatic rings. The van der Waals surface area contributed by atoms with Gasteiger partial charge >= 0.3 is 6.61 Å². The number of hydrogen-bond donors (Lipinski definition) is 0. The van der Waals surface area contributed by atoms with Crippen molar-refractivity contribution in [3.63, 3.8) is 0 Å². The fourth-order valence-corrected chi connectivity index (χ4v) is 3.36. The van der Waals surface area contributed by atoms with E-state index >= 15 is 0 Å². The number of ether oxygens (including phenoxy) is 1. The van der Waals surface area contributed by atoms with Gasteiger partial charge in [-0.2, -0.15) is 8.78 Å². The topological polar surface area (TPSA) is 32.8 Å².